The van der Waals surface area contributed by atoms with E-state index in [1.165, 1.54) is 12.1 Å². The number of likely N-dealkylation sites (tertiary alicyclic amines) is 2. The van der Waals surface area contributed by atoms with E-state index in [4.69, 9.17) is 4.74 Å². The van der Waals surface area contributed by atoms with Gasteiger partial charge in [-0.15, -0.1) is 0 Å². The fraction of sp³-hybridized carbons (Fsp3) is 0.391. The number of hydrogen-bond donors (Lipinski definition) is 0. The summed E-state index contributed by atoms with van der Waals surface area (Å²) in [5, 5.41) is 0. The predicted octanol–water partition coefficient (Wildman–Crippen LogP) is 3.05. The first-order valence-corrected chi connectivity index (χ1v) is 9.89. The molecule has 0 saturated carbocycles. The summed E-state index contributed by atoms with van der Waals surface area (Å²) in [5.41, 5.74) is 1.72. The lowest BCUT2D eigenvalue weighted by atomic mass is 9.89. The summed E-state index contributed by atoms with van der Waals surface area (Å²) in [4.78, 5) is 28.8. The van der Waals surface area contributed by atoms with Crippen LogP contribution in [0.25, 0.3) is 0 Å². The summed E-state index contributed by atoms with van der Waals surface area (Å²) < 4.78 is 19.1. The van der Waals surface area contributed by atoms with Gasteiger partial charge in [0.2, 0.25) is 11.8 Å². The molecule has 2 aromatic rings. The van der Waals surface area contributed by atoms with Gasteiger partial charge in [0.05, 0.1) is 19.6 Å². The smallest absolute Gasteiger partial charge is 0.227 e. The van der Waals surface area contributed by atoms with Crippen molar-refractivity contribution in [3.05, 3.63) is 65.5 Å². The molecule has 0 unspecified atom stereocenters. The lowest BCUT2D eigenvalue weighted by Crippen LogP contribution is -2.37. The van der Waals surface area contributed by atoms with E-state index < -0.39 is 0 Å². The molecule has 2 aliphatic heterocycles. The molecule has 29 heavy (non-hydrogen) atoms. The Kier molecular flexibility index (Phi) is 5.26. The van der Waals surface area contributed by atoms with Crippen LogP contribution in [0.3, 0.4) is 0 Å². The van der Waals surface area contributed by atoms with Gasteiger partial charge >= 0.3 is 0 Å². The third-order valence-corrected chi connectivity index (χ3v) is 6.10. The number of benzene rings is 2. The van der Waals surface area contributed by atoms with E-state index in [9.17, 15) is 14.0 Å². The number of hydrogen-bond acceptors (Lipinski definition) is 3. The molecule has 2 amide bonds. The Morgan fingerprint density at radius 2 is 1.90 bits per heavy atom. The van der Waals surface area contributed by atoms with Gasteiger partial charge in [0.15, 0.2) is 0 Å². The zero-order valence-corrected chi connectivity index (χ0v) is 16.7. The first-order chi connectivity index (χ1) is 14.0. The number of carbonyl (C=O) groups is 2. The van der Waals surface area contributed by atoms with Gasteiger partial charge in [0, 0.05) is 38.4 Å². The summed E-state index contributed by atoms with van der Waals surface area (Å²) in [5.74, 6) is 0.814. The van der Waals surface area contributed by atoms with Gasteiger partial charge in [-0.2, -0.15) is 0 Å². The highest BCUT2D eigenvalue weighted by Crippen LogP contribution is 2.45. The molecule has 3 atom stereocenters. The third-order valence-electron chi connectivity index (χ3n) is 6.10. The van der Waals surface area contributed by atoms with Gasteiger partial charge < -0.3 is 14.5 Å². The highest BCUT2D eigenvalue weighted by Gasteiger charge is 2.49. The number of nitrogens with zero attached hydrogens (tertiary/aromatic N) is 2. The molecule has 0 radical (unpaired) electrons. The molecule has 2 aromatic carbocycles. The van der Waals surface area contributed by atoms with Gasteiger partial charge in [0.1, 0.15) is 11.6 Å². The standard InChI is InChI=1S/C23H25FN2O3/c1-15(27)26-13-18-12-25(22(28)10-16-5-3-8-20(9-16)29-2)14-21(18)23(26)17-6-4-7-19(24)11-17/h3-9,11,18,21,23H,10,12-14H2,1-2H3/t18-,21-,23+/m1/s1. The third kappa shape index (κ3) is 3.84. The van der Waals surface area contributed by atoms with Gasteiger partial charge in [-0.3, -0.25) is 9.59 Å². The van der Waals surface area contributed by atoms with Crippen LogP contribution in [-0.4, -0.2) is 48.4 Å². The van der Waals surface area contributed by atoms with Crippen LogP contribution in [0.1, 0.15) is 24.1 Å². The van der Waals surface area contributed by atoms with Crippen molar-refractivity contribution in [3.63, 3.8) is 0 Å². The van der Waals surface area contributed by atoms with Crippen LogP contribution in [-0.2, 0) is 16.0 Å². The molecule has 0 aromatic heterocycles. The second-order valence-corrected chi connectivity index (χ2v) is 7.92. The van der Waals surface area contributed by atoms with E-state index >= 15 is 0 Å². The first kappa shape index (κ1) is 19.4. The molecular formula is C23H25FN2O3. The Hall–Kier alpha value is -2.89. The Bertz CT molecular complexity index is 932. The minimum atomic E-state index is -0.307. The molecule has 4 rings (SSSR count). The van der Waals surface area contributed by atoms with E-state index in [0.29, 0.717) is 26.1 Å². The molecule has 5 nitrogen and oxygen atoms in total. The Labute approximate surface area is 170 Å². The monoisotopic (exact) mass is 396 g/mol. The largest absolute Gasteiger partial charge is 0.497 e. The van der Waals surface area contributed by atoms with E-state index in [1.807, 2.05) is 40.1 Å². The second-order valence-electron chi connectivity index (χ2n) is 7.92. The van der Waals surface area contributed by atoms with E-state index in [0.717, 1.165) is 16.9 Å². The quantitative estimate of drug-likeness (QED) is 0.798. The Morgan fingerprint density at radius 1 is 1.10 bits per heavy atom. The normalized spacial score (nSPS) is 23.2. The van der Waals surface area contributed by atoms with Crippen molar-refractivity contribution in [2.75, 3.05) is 26.7 Å². The van der Waals surface area contributed by atoms with Gasteiger partial charge in [-0.05, 0) is 35.4 Å². The molecule has 2 aliphatic rings. The summed E-state index contributed by atoms with van der Waals surface area (Å²) >= 11 is 0. The van der Waals surface area contributed by atoms with Gasteiger partial charge in [0.25, 0.3) is 0 Å². The van der Waals surface area contributed by atoms with Crippen LogP contribution >= 0.6 is 0 Å². The molecule has 0 bridgehead atoms. The average Bonchev–Trinajstić information content (AvgIpc) is 3.26. The Balaban J connectivity index is 1.51. The number of fused-ring (bicyclic) bond motifs is 1. The second kappa shape index (κ2) is 7.85. The molecule has 152 valence electrons. The fourth-order valence-corrected chi connectivity index (χ4v) is 4.76. The summed E-state index contributed by atoms with van der Waals surface area (Å²) in [7, 11) is 1.61. The van der Waals surface area contributed by atoms with Gasteiger partial charge in [-0.25, -0.2) is 4.39 Å². The van der Waals surface area contributed by atoms with Crippen LogP contribution in [0, 0.1) is 17.7 Å². The molecule has 0 spiro atoms. The van der Waals surface area contributed by atoms with E-state index in [1.54, 1.807) is 20.1 Å². The van der Waals surface area contributed by atoms with Crippen LogP contribution in [0.2, 0.25) is 0 Å². The fourth-order valence-electron chi connectivity index (χ4n) is 4.76. The Morgan fingerprint density at radius 3 is 2.62 bits per heavy atom. The molecule has 2 heterocycles. The van der Waals surface area contributed by atoms with Crippen molar-refractivity contribution in [2.24, 2.45) is 11.8 Å². The first-order valence-electron chi connectivity index (χ1n) is 9.89. The molecule has 2 fully saturated rings. The van der Waals surface area contributed by atoms with E-state index in [-0.39, 0.29) is 35.5 Å². The van der Waals surface area contributed by atoms with Crippen molar-refractivity contribution in [2.45, 2.75) is 19.4 Å². The minimum absolute atomic E-state index is 0.0112. The molecule has 2 saturated heterocycles. The molecule has 6 heteroatoms. The zero-order valence-electron chi connectivity index (χ0n) is 16.7. The van der Waals surface area contributed by atoms with Crippen molar-refractivity contribution < 1.29 is 18.7 Å². The van der Waals surface area contributed by atoms with Crippen LogP contribution in [0.4, 0.5) is 4.39 Å². The average molecular weight is 396 g/mol. The predicted molar refractivity (Wildman–Crippen MR) is 107 cm³/mol. The van der Waals surface area contributed by atoms with Gasteiger partial charge in [-0.1, -0.05) is 24.3 Å². The number of ether oxygens (including phenoxy) is 1. The van der Waals surface area contributed by atoms with Crippen molar-refractivity contribution in [1.29, 1.82) is 0 Å². The number of carbonyl (C=O) groups excluding carboxylic acids is 2. The highest BCUT2D eigenvalue weighted by molar-refractivity contribution is 5.79. The maximum atomic E-state index is 13.8. The number of methoxy groups -OCH3 is 1. The molecule has 0 N–H and O–H groups in total. The van der Waals surface area contributed by atoms with Crippen molar-refractivity contribution >= 4 is 11.8 Å². The SMILES string of the molecule is COc1cccc(CC(=O)N2C[C@@H]3CN(C(C)=O)[C@@H](c4cccc(F)c4)[C@@H]3C2)c1. The summed E-state index contributed by atoms with van der Waals surface area (Å²) in [6.45, 7) is 3.37. The lowest BCUT2D eigenvalue weighted by molar-refractivity contribution is -0.131. The maximum Gasteiger partial charge on any atom is 0.227 e. The number of halogens is 1. The summed E-state index contributed by atoms with van der Waals surface area (Å²) in [6.07, 6.45) is 0.317. The minimum Gasteiger partial charge on any atom is -0.497 e. The van der Waals surface area contributed by atoms with Crippen LogP contribution in [0.15, 0.2) is 48.5 Å². The maximum absolute atomic E-state index is 13.8. The van der Waals surface area contributed by atoms with E-state index in [2.05, 4.69) is 0 Å². The number of rotatable bonds is 4. The topological polar surface area (TPSA) is 49.9 Å². The lowest BCUT2D eigenvalue weighted by Gasteiger charge is -2.29. The molecular weight excluding hydrogens is 371 g/mol. The zero-order chi connectivity index (χ0) is 20.5. The number of amides is 2. The van der Waals surface area contributed by atoms with Crippen molar-refractivity contribution in [3.8, 4) is 5.75 Å². The summed E-state index contributed by atoms with van der Waals surface area (Å²) in [6, 6.07) is 13.8. The van der Waals surface area contributed by atoms with Crippen LogP contribution in [0.5, 0.6) is 5.75 Å². The molecule has 0 aliphatic carbocycles. The van der Waals surface area contributed by atoms with Crippen molar-refractivity contribution in [1.82, 2.24) is 9.80 Å². The highest BCUT2D eigenvalue weighted by atomic mass is 19.1. The van der Waals surface area contributed by atoms with Crippen LogP contribution < -0.4 is 4.74 Å².